The molecule has 0 spiro atoms. The molecule has 0 aromatic heterocycles. The second-order valence-electron chi connectivity index (χ2n) is 7.31. The Morgan fingerprint density at radius 2 is 1.65 bits per heavy atom. The van der Waals surface area contributed by atoms with E-state index >= 15 is 0 Å². The number of carbonyl (C=O) groups excluding carboxylic acids is 2. The van der Waals surface area contributed by atoms with Gasteiger partial charge in [0.1, 0.15) is 11.9 Å². The fourth-order valence-corrected chi connectivity index (χ4v) is 4.12. The van der Waals surface area contributed by atoms with Crippen LogP contribution in [-0.2, 0) is 14.8 Å². The quantitative estimate of drug-likeness (QED) is 0.491. The van der Waals surface area contributed by atoms with Gasteiger partial charge in [-0.3, -0.25) is 9.59 Å². The second kappa shape index (κ2) is 10.7. The number of hydrogen-bond donors (Lipinski definition) is 3. The lowest BCUT2D eigenvalue weighted by molar-refractivity contribution is -0.123. The molecule has 0 aliphatic rings. The Hall–Kier alpha value is -2.49. The topological polar surface area (TPSA) is 104 Å². The van der Waals surface area contributed by atoms with Crippen molar-refractivity contribution < 1.29 is 22.4 Å². The normalized spacial score (nSPS) is 12.5. The van der Waals surface area contributed by atoms with E-state index in [9.17, 15) is 22.4 Å². The molecular formula is C21H25ClFN3O4S. The van der Waals surface area contributed by atoms with Crippen LogP contribution in [-0.4, -0.2) is 39.4 Å². The summed E-state index contributed by atoms with van der Waals surface area (Å²) in [6.45, 7) is 5.18. The van der Waals surface area contributed by atoms with Crippen LogP contribution in [0.5, 0.6) is 0 Å². The maximum Gasteiger partial charge on any atom is 0.251 e. The minimum absolute atomic E-state index is 0.00653. The third-order valence-corrected chi connectivity index (χ3v) is 6.21. The van der Waals surface area contributed by atoms with Crippen LogP contribution < -0.4 is 15.4 Å². The van der Waals surface area contributed by atoms with Gasteiger partial charge in [-0.2, -0.15) is 4.72 Å². The minimum Gasteiger partial charge on any atom is -0.353 e. The van der Waals surface area contributed by atoms with E-state index in [0.29, 0.717) is 10.6 Å². The number of amides is 2. The monoisotopic (exact) mass is 469 g/mol. The van der Waals surface area contributed by atoms with Crippen molar-refractivity contribution in [3.63, 3.8) is 0 Å². The van der Waals surface area contributed by atoms with Crippen LogP contribution in [0.4, 0.5) is 4.39 Å². The van der Waals surface area contributed by atoms with Crippen molar-refractivity contribution in [2.24, 2.45) is 5.92 Å². The first-order valence-corrected chi connectivity index (χ1v) is 11.5. The Bertz CT molecular complexity index is 1040. The number of hydrogen-bond acceptors (Lipinski definition) is 4. The van der Waals surface area contributed by atoms with Crippen molar-refractivity contribution in [2.75, 3.05) is 13.1 Å². The molecule has 1 atom stereocenters. The van der Waals surface area contributed by atoms with Gasteiger partial charge in [-0.1, -0.05) is 31.5 Å². The highest BCUT2D eigenvalue weighted by Crippen LogP contribution is 2.15. The maximum absolute atomic E-state index is 13.6. The lowest BCUT2D eigenvalue weighted by Crippen LogP contribution is -2.50. The van der Waals surface area contributed by atoms with Crippen LogP contribution in [0.3, 0.4) is 0 Å². The van der Waals surface area contributed by atoms with Gasteiger partial charge < -0.3 is 10.6 Å². The lowest BCUT2D eigenvalue weighted by atomic mass is 10.1. The van der Waals surface area contributed by atoms with Crippen molar-refractivity contribution in [3.8, 4) is 0 Å². The smallest absolute Gasteiger partial charge is 0.251 e. The first-order chi connectivity index (χ1) is 14.5. The van der Waals surface area contributed by atoms with Crippen molar-refractivity contribution in [1.82, 2.24) is 15.4 Å². The summed E-state index contributed by atoms with van der Waals surface area (Å²) >= 11 is 5.79. The first kappa shape index (κ1) is 24.8. The Kier molecular flexibility index (Phi) is 8.55. The van der Waals surface area contributed by atoms with Gasteiger partial charge in [-0.25, -0.2) is 12.8 Å². The van der Waals surface area contributed by atoms with Crippen molar-refractivity contribution >= 4 is 33.4 Å². The summed E-state index contributed by atoms with van der Waals surface area (Å²) in [6.07, 6.45) is 0. The standard InChI is InChI=1S/C21H25ClFN3O4S/c1-13(2)19(26-31(29,30)17-8-6-16(22)7-9-17)21(28)25-11-10-24-20(27)15-5-4-14(3)18(23)12-15/h4-9,12-13,19,26H,10-11H2,1-3H3,(H,24,27)(H,25,28)/t19-/m0/s1. The van der Waals surface area contributed by atoms with Gasteiger partial charge in [0.2, 0.25) is 15.9 Å². The highest BCUT2D eigenvalue weighted by Gasteiger charge is 2.28. The summed E-state index contributed by atoms with van der Waals surface area (Å²) in [5.74, 6) is -1.80. The molecule has 2 aromatic rings. The van der Waals surface area contributed by atoms with Crippen LogP contribution in [0.25, 0.3) is 0 Å². The van der Waals surface area contributed by atoms with E-state index in [2.05, 4.69) is 15.4 Å². The molecule has 0 heterocycles. The van der Waals surface area contributed by atoms with Gasteiger partial charge in [0, 0.05) is 23.7 Å². The molecule has 2 amide bonds. The molecule has 2 aromatic carbocycles. The van der Waals surface area contributed by atoms with E-state index < -0.39 is 33.7 Å². The minimum atomic E-state index is -3.93. The van der Waals surface area contributed by atoms with Gasteiger partial charge in [0.25, 0.3) is 5.91 Å². The Morgan fingerprint density at radius 1 is 1.03 bits per heavy atom. The fourth-order valence-electron chi connectivity index (χ4n) is 2.65. The maximum atomic E-state index is 13.6. The molecule has 168 valence electrons. The summed E-state index contributed by atoms with van der Waals surface area (Å²) in [5.41, 5.74) is 0.606. The molecule has 7 nitrogen and oxygen atoms in total. The predicted molar refractivity (Wildman–Crippen MR) is 117 cm³/mol. The molecule has 2 rings (SSSR count). The largest absolute Gasteiger partial charge is 0.353 e. The first-order valence-electron chi connectivity index (χ1n) is 9.61. The van der Waals surface area contributed by atoms with E-state index in [0.717, 1.165) is 6.07 Å². The molecule has 0 saturated carbocycles. The third-order valence-electron chi connectivity index (χ3n) is 4.50. The molecule has 0 aliphatic carbocycles. The zero-order valence-corrected chi connectivity index (χ0v) is 19.0. The molecule has 0 aliphatic heterocycles. The van der Waals surface area contributed by atoms with Crippen LogP contribution in [0, 0.1) is 18.7 Å². The van der Waals surface area contributed by atoms with Crippen molar-refractivity contribution in [1.29, 1.82) is 0 Å². The second-order valence-corrected chi connectivity index (χ2v) is 9.46. The third kappa shape index (κ3) is 7.02. The van der Waals surface area contributed by atoms with Gasteiger partial charge in [-0.15, -0.1) is 0 Å². The van der Waals surface area contributed by atoms with E-state index in [1.807, 2.05) is 0 Å². The average molecular weight is 470 g/mol. The van der Waals surface area contributed by atoms with Crippen molar-refractivity contribution in [3.05, 3.63) is 64.4 Å². The molecule has 0 fully saturated rings. The zero-order chi connectivity index (χ0) is 23.2. The number of aryl methyl sites for hydroxylation is 1. The van der Waals surface area contributed by atoms with E-state index in [1.165, 1.54) is 36.4 Å². The number of halogens is 2. The molecular weight excluding hydrogens is 445 g/mol. The Balaban J connectivity index is 1.91. The molecule has 10 heteroatoms. The number of sulfonamides is 1. The van der Waals surface area contributed by atoms with Crippen LogP contribution >= 0.6 is 11.6 Å². The molecule has 3 N–H and O–H groups in total. The highest BCUT2D eigenvalue weighted by molar-refractivity contribution is 7.89. The number of carbonyl (C=O) groups is 2. The van der Waals surface area contributed by atoms with E-state index in [-0.39, 0.29) is 29.5 Å². The Morgan fingerprint density at radius 3 is 2.23 bits per heavy atom. The average Bonchev–Trinajstić information content (AvgIpc) is 2.71. The zero-order valence-electron chi connectivity index (χ0n) is 17.4. The van der Waals surface area contributed by atoms with Gasteiger partial charge in [0.05, 0.1) is 4.90 Å². The summed E-state index contributed by atoms with van der Waals surface area (Å²) in [6, 6.07) is 8.74. The molecule has 31 heavy (non-hydrogen) atoms. The number of benzene rings is 2. The molecule has 0 saturated heterocycles. The van der Waals surface area contributed by atoms with Crippen LogP contribution in [0.1, 0.15) is 29.8 Å². The highest BCUT2D eigenvalue weighted by atomic mass is 35.5. The molecule has 0 unspecified atom stereocenters. The Labute approximate surface area is 186 Å². The fraction of sp³-hybridized carbons (Fsp3) is 0.333. The van der Waals surface area contributed by atoms with Crippen molar-refractivity contribution in [2.45, 2.75) is 31.7 Å². The number of rotatable bonds is 9. The lowest BCUT2D eigenvalue weighted by Gasteiger charge is -2.21. The molecule has 0 radical (unpaired) electrons. The number of nitrogens with one attached hydrogen (secondary N) is 3. The summed E-state index contributed by atoms with van der Waals surface area (Å²) in [5, 5.41) is 5.57. The summed E-state index contributed by atoms with van der Waals surface area (Å²) < 4.78 is 41.1. The molecule has 0 bridgehead atoms. The van der Waals surface area contributed by atoms with E-state index in [4.69, 9.17) is 11.6 Å². The summed E-state index contributed by atoms with van der Waals surface area (Å²) in [7, 11) is -3.93. The predicted octanol–water partition coefficient (Wildman–Crippen LogP) is 2.64. The van der Waals surface area contributed by atoms with Gasteiger partial charge >= 0.3 is 0 Å². The SMILES string of the molecule is Cc1ccc(C(=O)NCCNC(=O)[C@@H](NS(=O)(=O)c2ccc(Cl)cc2)C(C)C)cc1F. The summed E-state index contributed by atoms with van der Waals surface area (Å²) in [4.78, 5) is 24.6. The van der Waals surface area contributed by atoms with Gasteiger partial charge in [-0.05, 0) is 54.8 Å². The van der Waals surface area contributed by atoms with Gasteiger partial charge in [0.15, 0.2) is 0 Å². The van der Waals surface area contributed by atoms with Crippen LogP contribution in [0.2, 0.25) is 5.02 Å². The van der Waals surface area contributed by atoms with Crippen LogP contribution in [0.15, 0.2) is 47.4 Å². The van der Waals surface area contributed by atoms with E-state index in [1.54, 1.807) is 20.8 Å².